The van der Waals surface area contributed by atoms with E-state index in [0.29, 0.717) is 13.2 Å². The molecule has 0 heterocycles. The van der Waals surface area contributed by atoms with Crippen LogP contribution in [0.15, 0.2) is 43.0 Å². The Labute approximate surface area is 121 Å². The van der Waals surface area contributed by atoms with Gasteiger partial charge in [0.2, 0.25) is 5.78 Å². The van der Waals surface area contributed by atoms with Gasteiger partial charge in [-0.2, -0.15) is 4.65 Å². The number of benzene rings is 1. The number of halogens is 1. The van der Waals surface area contributed by atoms with Crippen LogP contribution in [-0.2, 0) is 16.2 Å². The predicted molar refractivity (Wildman–Crippen MR) is 72.6 cm³/mol. The van der Waals surface area contributed by atoms with Crippen LogP contribution in [0.1, 0.15) is 19.4 Å². The number of hydrogen-bond donors (Lipinski definition) is 0. The third-order valence-electron chi connectivity index (χ3n) is 3.20. The first kappa shape index (κ1) is 17.8. The Morgan fingerprint density at radius 1 is 1.42 bits per heavy atom. The lowest BCUT2D eigenvalue weighted by Crippen LogP contribution is -3.00. The van der Waals surface area contributed by atoms with E-state index in [2.05, 4.69) is 6.58 Å². The maximum atomic E-state index is 11.8. The van der Waals surface area contributed by atoms with Crippen molar-refractivity contribution >= 4 is 5.78 Å². The summed E-state index contributed by atoms with van der Waals surface area (Å²) in [5.74, 6) is 0.00174. The minimum Gasteiger partial charge on any atom is -1.00 e. The zero-order valence-electron chi connectivity index (χ0n) is 11.8. The molecular formula is C15H22ClNO2. The van der Waals surface area contributed by atoms with Gasteiger partial charge in [-0.05, 0) is 19.9 Å². The summed E-state index contributed by atoms with van der Waals surface area (Å²) < 4.78 is 0.241. The molecule has 4 heteroatoms. The SMILES string of the molecule is C=CC(=O)C(C)[N+](C)(Cc1ccccc1)OCC.[Cl-]. The van der Waals surface area contributed by atoms with Crippen LogP contribution in [0.3, 0.4) is 0 Å². The zero-order chi connectivity index (χ0) is 13.6. The molecule has 0 saturated heterocycles. The minimum absolute atomic E-state index is 0. The van der Waals surface area contributed by atoms with E-state index in [4.69, 9.17) is 4.84 Å². The molecule has 19 heavy (non-hydrogen) atoms. The molecule has 2 unspecified atom stereocenters. The second-order valence-electron chi connectivity index (χ2n) is 4.52. The van der Waals surface area contributed by atoms with E-state index in [9.17, 15) is 4.79 Å². The van der Waals surface area contributed by atoms with Gasteiger partial charge in [0, 0.05) is 5.56 Å². The molecule has 1 aromatic carbocycles. The number of ketones is 1. The summed E-state index contributed by atoms with van der Waals surface area (Å²) in [5, 5.41) is 0. The summed E-state index contributed by atoms with van der Waals surface area (Å²) in [4.78, 5) is 17.6. The number of carbonyl (C=O) groups is 1. The van der Waals surface area contributed by atoms with Crippen LogP contribution in [0.2, 0.25) is 0 Å². The molecule has 0 amide bonds. The molecule has 0 aliphatic heterocycles. The predicted octanol–water partition coefficient (Wildman–Crippen LogP) is -0.268. The third-order valence-corrected chi connectivity index (χ3v) is 3.20. The Balaban J connectivity index is 0.00000324. The van der Waals surface area contributed by atoms with Crippen molar-refractivity contribution in [2.75, 3.05) is 13.7 Å². The fourth-order valence-electron chi connectivity index (χ4n) is 1.97. The van der Waals surface area contributed by atoms with Crippen LogP contribution in [0.4, 0.5) is 0 Å². The van der Waals surface area contributed by atoms with Crippen LogP contribution in [0.5, 0.6) is 0 Å². The quantitative estimate of drug-likeness (QED) is 0.391. The topological polar surface area (TPSA) is 26.3 Å². The summed E-state index contributed by atoms with van der Waals surface area (Å²) in [7, 11) is 1.93. The summed E-state index contributed by atoms with van der Waals surface area (Å²) in [6, 6.07) is 9.79. The van der Waals surface area contributed by atoms with E-state index >= 15 is 0 Å². The van der Waals surface area contributed by atoms with Gasteiger partial charge >= 0.3 is 0 Å². The van der Waals surface area contributed by atoms with Crippen molar-refractivity contribution in [3.8, 4) is 0 Å². The molecule has 0 aliphatic rings. The van der Waals surface area contributed by atoms with Gasteiger partial charge < -0.3 is 12.4 Å². The highest BCUT2D eigenvalue weighted by Crippen LogP contribution is 2.18. The molecule has 2 atom stereocenters. The lowest BCUT2D eigenvalue weighted by molar-refractivity contribution is -1.11. The van der Waals surface area contributed by atoms with Crippen LogP contribution < -0.4 is 12.4 Å². The van der Waals surface area contributed by atoms with Gasteiger partial charge in [-0.25, -0.2) is 4.84 Å². The van der Waals surface area contributed by atoms with Crippen molar-refractivity contribution in [2.24, 2.45) is 0 Å². The lowest BCUT2D eigenvalue weighted by Gasteiger charge is -2.35. The Morgan fingerprint density at radius 3 is 2.47 bits per heavy atom. The molecule has 0 bridgehead atoms. The summed E-state index contributed by atoms with van der Waals surface area (Å²) in [5.41, 5.74) is 1.15. The first-order valence-corrected chi connectivity index (χ1v) is 6.23. The van der Waals surface area contributed by atoms with Crippen molar-refractivity contribution in [1.82, 2.24) is 0 Å². The fourth-order valence-corrected chi connectivity index (χ4v) is 1.97. The number of hydrogen-bond acceptors (Lipinski definition) is 2. The van der Waals surface area contributed by atoms with Crippen molar-refractivity contribution in [1.29, 1.82) is 0 Å². The smallest absolute Gasteiger partial charge is 0.214 e. The van der Waals surface area contributed by atoms with Crippen molar-refractivity contribution in [2.45, 2.75) is 26.4 Å². The highest BCUT2D eigenvalue weighted by molar-refractivity contribution is 5.92. The van der Waals surface area contributed by atoms with Gasteiger partial charge in [0.1, 0.15) is 13.2 Å². The largest absolute Gasteiger partial charge is 1.00 e. The number of carbonyl (C=O) groups excluding carboxylic acids is 1. The third kappa shape index (κ3) is 4.78. The van der Waals surface area contributed by atoms with Gasteiger partial charge in [0.15, 0.2) is 6.04 Å². The standard InChI is InChI=1S/C15H22NO2.ClH/c1-5-15(17)13(3)16(4,18-6-2)12-14-10-8-7-9-11-14;/h5,7-11,13H,1,6,12H2,2-4H3;1H/q+1;/p-1. The van der Waals surface area contributed by atoms with Crippen LogP contribution in [0.25, 0.3) is 0 Å². The minimum atomic E-state index is -0.261. The molecule has 0 spiro atoms. The normalized spacial score (nSPS) is 14.9. The van der Waals surface area contributed by atoms with E-state index in [1.807, 2.05) is 51.2 Å². The van der Waals surface area contributed by atoms with Gasteiger partial charge in [-0.1, -0.05) is 36.9 Å². The average molecular weight is 284 g/mol. The van der Waals surface area contributed by atoms with Crippen LogP contribution >= 0.6 is 0 Å². The molecule has 106 valence electrons. The zero-order valence-corrected chi connectivity index (χ0v) is 12.6. The second kappa shape index (κ2) is 8.10. The van der Waals surface area contributed by atoms with E-state index in [0.717, 1.165) is 5.56 Å². The number of nitrogens with zero attached hydrogens (tertiary/aromatic N) is 1. The van der Waals surface area contributed by atoms with Crippen LogP contribution in [0, 0.1) is 0 Å². The second-order valence-corrected chi connectivity index (χ2v) is 4.52. The number of hydroxylamine groups is 3. The maximum absolute atomic E-state index is 11.8. The highest BCUT2D eigenvalue weighted by Gasteiger charge is 2.35. The summed E-state index contributed by atoms with van der Waals surface area (Å²) in [6.07, 6.45) is 1.37. The first-order valence-electron chi connectivity index (χ1n) is 6.23. The number of likely N-dealkylation sites (N-methyl/N-ethyl adjacent to an activating group) is 1. The summed E-state index contributed by atoms with van der Waals surface area (Å²) in [6.45, 7) is 8.59. The van der Waals surface area contributed by atoms with Crippen molar-refractivity contribution in [3.05, 3.63) is 48.6 Å². The lowest BCUT2D eigenvalue weighted by atomic mass is 10.1. The van der Waals surface area contributed by atoms with Gasteiger partial charge in [-0.3, -0.25) is 4.79 Å². The molecule has 0 aliphatic carbocycles. The summed E-state index contributed by atoms with van der Waals surface area (Å²) >= 11 is 0. The highest BCUT2D eigenvalue weighted by atomic mass is 35.5. The Bertz CT molecular complexity index is 408. The molecule has 0 N–H and O–H groups in total. The molecule has 3 nitrogen and oxygen atoms in total. The fraction of sp³-hybridized carbons (Fsp3) is 0.400. The molecule has 0 fully saturated rings. The Hall–Kier alpha value is -1.16. The van der Waals surface area contributed by atoms with E-state index < -0.39 is 0 Å². The molecule has 0 saturated carbocycles. The van der Waals surface area contributed by atoms with Gasteiger partial charge in [0.25, 0.3) is 0 Å². The Kier molecular flexibility index (Phi) is 7.61. The number of quaternary nitrogens is 1. The van der Waals surface area contributed by atoms with Gasteiger partial charge in [-0.15, -0.1) is 0 Å². The maximum Gasteiger partial charge on any atom is 0.214 e. The van der Waals surface area contributed by atoms with Crippen LogP contribution in [-0.4, -0.2) is 30.1 Å². The molecular weight excluding hydrogens is 262 g/mol. The van der Waals surface area contributed by atoms with Crippen molar-refractivity contribution in [3.63, 3.8) is 0 Å². The van der Waals surface area contributed by atoms with E-state index in [-0.39, 0.29) is 28.9 Å². The molecule has 0 radical (unpaired) electrons. The first-order chi connectivity index (χ1) is 8.53. The average Bonchev–Trinajstić information content (AvgIpc) is 2.38. The molecule has 1 aromatic rings. The van der Waals surface area contributed by atoms with E-state index in [1.54, 1.807) is 0 Å². The van der Waals surface area contributed by atoms with Gasteiger partial charge in [0.05, 0.1) is 7.05 Å². The number of rotatable bonds is 7. The van der Waals surface area contributed by atoms with E-state index in [1.165, 1.54) is 6.08 Å². The monoisotopic (exact) mass is 283 g/mol. The molecule has 1 rings (SSSR count). The Morgan fingerprint density at radius 2 is 2.00 bits per heavy atom. The molecule has 0 aromatic heterocycles. The van der Waals surface area contributed by atoms with Crippen molar-refractivity contribution < 1.29 is 26.7 Å².